The van der Waals surface area contributed by atoms with Crippen LogP contribution in [0.15, 0.2) is 18.2 Å². The Morgan fingerprint density at radius 3 is 1.83 bits per heavy atom. The van der Waals surface area contributed by atoms with Gasteiger partial charge in [0, 0.05) is 0 Å². The van der Waals surface area contributed by atoms with Crippen molar-refractivity contribution in [3.05, 3.63) is 35.3 Å². The second-order valence-electron chi connectivity index (χ2n) is 4.30. The van der Waals surface area contributed by atoms with E-state index in [0.29, 0.717) is 17.9 Å². The average molecular weight is 365 g/mol. The third kappa shape index (κ3) is 18.3. The molecule has 0 fully saturated rings. The maximum atomic E-state index is 10.3. The zero-order chi connectivity index (χ0) is 18.1. The molecule has 1 aromatic rings. The molecule has 1 aromatic heterocycles. The molecule has 1 heterocycles. The molecule has 0 aromatic carbocycles. The third-order valence-electron chi connectivity index (χ3n) is 2.31. The van der Waals surface area contributed by atoms with Crippen LogP contribution in [0, 0.1) is 0 Å². The van der Waals surface area contributed by atoms with Crippen LogP contribution in [0.2, 0.25) is 0 Å². The van der Waals surface area contributed by atoms with Gasteiger partial charge in [0.05, 0.1) is 24.2 Å². The molecule has 0 saturated heterocycles. The van der Waals surface area contributed by atoms with Crippen molar-refractivity contribution in [3.63, 3.8) is 0 Å². The predicted molar refractivity (Wildman–Crippen MR) is 78.5 cm³/mol. The second kappa shape index (κ2) is 16.8. The third-order valence-corrected chi connectivity index (χ3v) is 2.31. The molecule has 130 valence electrons. The number of unbranched alkanes of at least 4 members (excludes halogenated alkanes) is 2. The van der Waals surface area contributed by atoms with Gasteiger partial charge in [0.2, 0.25) is 0 Å². The molecular weight excluding hydrogens is 343 g/mol. The topological polar surface area (TPSA) is 149 Å². The summed E-state index contributed by atoms with van der Waals surface area (Å²) in [5, 5.41) is 17.0. The molecule has 8 nitrogen and oxygen atoms in total. The number of aromatic nitrogens is 1. The van der Waals surface area contributed by atoms with Crippen LogP contribution < -0.4 is 0 Å². The van der Waals surface area contributed by atoms with E-state index in [2.05, 4.69) is 11.9 Å². The molecule has 1 rings (SSSR count). The van der Waals surface area contributed by atoms with E-state index in [9.17, 15) is 9.59 Å². The van der Waals surface area contributed by atoms with Crippen LogP contribution in [0.3, 0.4) is 0 Å². The van der Waals surface area contributed by atoms with Crippen LogP contribution in [0.1, 0.15) is 37.6 Å². The Hall–Kier alpha value is -1.61. The van der Waals surface area contributed by atoms with E-state index in [1.807, 2.05) is 0 Å². The predicted octanol–water partition coefficient (Wildman–Crippen LogP) is 1.89. The first-order valence-electron chi connectivity index (χ1n) is 6.90. The Morgan fingerprint density at radius 2 is 1.57 bits per heavy atom. The Balaban J connectivity index is 0. The fourth-order valence-corrected chi connectivity index (χ4v) is 1.41. The standard InChI is InChI=1S/C9H9NO4.C5H12N.H2O.O.V/c11-8(12)4-6-2-1-3-7(10-6)5-9(13)14;1-2-3-4-5-6;;;/h1-3H,4-5H2,(H,11,12)(H,13,14);6H,2-5H2,1H3;1H2;;/q;-1;;;+1/p-1. The number of aliphatic carboxylic acids is 2. The first-order valence-corrected chi connectivity index (χ1v) is 8.10. The zero-order valence-corrected chi connectivity index (χ0v) is 14.3. The van der Waals surface area contributed by atoms with Crippen LogP contribution in [0.4, 0.5) is 0 Å². The van der Waals surface area contributed by atoms with Crippen molar-refractivity contribution >= 4 is 11.9 Å². The molecule has 0 saturated carbocycles. The Bertz CT molecular complexity index is 435. The fraction of sp³-hybridized carbons (Fsp3) is 0.500. The van der Waals surface area contributed by atoms with E-state index < -0.39 is 28.5 Å². The average Bonchev–Trinajstić information content (AvgIpc) is 2.45. The van der Waals surface area contributed by atoms with E-state index in [0.717, 1.165) is 6.42 Å². The van der Waals surface area contributed by atoms with Gasteiger partial charge in [-0.15, -0.1) is 0 Å². The molecule has 4 N–H and O–H groups in total. The molecule has 0 atom stereocenters. The summed E-state index contributed by atoms with van der Waals surface area (Å²) >= 11 is -1.56. The summed E-state index contributed by atoms with van der Waals surface area (Å²) in [7, 11) is 0. The zero-order valence-electron chi connectivity index (χ0n) is 12.9. The van der Waals surface area contributed by atoms with Gasteiger partial charge in [-0.05, 0) is 12.1 Å². The summed E-state index contributed by atoms with van der Waals surface area (Å²) in [6, 6.07) is 4.71. The molecule has 0 spiro atoms. The van der Waals surface area contributed by atoms with E-state index in [4.69, 9.17) is 23.7 Å². The van der Waals surface area contributed by atoms with Gasteiger partial charge in [-0.25, -0.2) is 0 Å². The monoisotopic (exact) mass is 365 g/mol. The van der Waals surface area contributed by atoms with Crippen molar-refractivity contribution in [2.45, 2.75) is 39.0 Å². The molecule has 0 aliphatic carbocycles. The maximum absolute atomic E-state index is 10.3. The van der Waals surface area contributed by atoms with E-state index >= 15 is 0 Å². The Kier molecular flexibility index (Phi) is 17.2. The quantitative estimate of drug-likeness (QED) is 0.625. The SMILES string of the molecule is CCCCC[NH-].O=C(O)Cc1cccc(CC(=O)O)n1.[O]=[V][OH]. The number of rotatable bonds is 7. The van der Waals surface area contributed by atoms with E-state index in [1.165, 1.54) is 12.8 Å². The number of pyridine rings is 1. The van der Waals surface area contributed by atoms with Crippen LogP contribution in [-0.4, -0.2) is 37.7 Å². The fourth-order valence-electron chi connectivity index (χ4n) is 1.41. The molecule has 0 amide bonds. The number of hydrogen-bond acceptors (Lipinski definition) is 4. The Labute approximate surface area is 142 Å². The van der Waals surface area contributed by atoms with Crippen molar-refractivity contribution in [1.29, 1.82) is 0 Å². The number of carboxylic acids is 2. The number of hydrogen-bond donors (Lipinski definition) is 3. The van der Waals surface area contributed by atoms with E-state index in [-0.39, 0.29) is 12.8 Å². The van der Waals surface area contributed by atoms with Crippen LogP contribution in [-0.2, 0) is 42.7 Å². The van der Waals surface area contributed by atoms with E-state index in [1.54, 1.807) is 18.2 Å². The van der Waals surface area contributed by atoms with Crippen molar-refractivity contribution in [2.24, 2.45) is 0 Å². The van der Waals surface area contributed by atoms with Gasteiger partial charge in [0.25, 0.3) is 0 Å². The summed E-state index contributed by atoms with van der Waals surface area (Å²) < 4.78 is 15.7. The minimum absolute atomic E-state index is 0.187. The van der Waals surface area contributed by atoms with Crippen LogP contribution in [0.25, 0.3) is 5.73 Å². The van der Waals surface area contributed by atoms with Gasteiger partial charge in [0.15, 0.2) is 0 Å². The van der Waals surface area contributed by atoms with Gasteiger partial charge in [0.1, 0.15) is 0 Å². The summed E-state index contributed by atoms with van der Waals surface area (Å²) in [6.07, 6.45) is 3.17. The molecule has 0 aliphatic rings. The van der Waals surface area contributed by atoms with Crippen molar-refractivity contribution < 1.29 is 44.1 Å². The molecule has 0 bridgehead atoms. The molecule has 0 radical (unpaired) electrons. The molecule has 0 aliphatic heterocycles. The van der Waals surface area contributed by atoms with Crippen molar-refractivity contribution in [1.82, 2.24) is 4.98 Å². The first-order chi connectivity index (χ1) is 10.9. The van der Waals surface area contributed by atoms with Gasteiger partial charge in [-0.2, -0.15) is 6.54 Å². The van der Waals surface area contributed by atoms with Gasteiger partial charge < -0.3 is 15.9 Å². The summed E-state index contributed by atoms with van der Waals surface area (Å²) in [5.74, 6) is -1.96. The number of carboxylic acid groups (broad SMARTS) is 2. The molecule has 0 unspecified atom stereocenters. The number of nitrogens with zero attached hydrogens (tertiary/aromatic N) is 1. The number of nitrogens with one attached hydrogen (secondary N) is 1. The van der Waals surface area contributed by atoms with Gasteiger partial charge in [-0.3, -0.25) is 14.6 Å². The molecule has 9 heteroatoms. The number of carbonyl (C=O) groups is 2. The molecular formula is C14H22N2O6V-. The molecule has 23 heavy (non-hydrogen) atoms. The van der Waals surface area contributed by atoms with Gasteiger partial charge in [-0.1, -0.05) is 32.3 Å². The summed E-state index contributed by atoms with van der Waals surface area (Å²) in [4.78, 5) is 24.6. The first kappa shape index (κ1) is 23.7. The second-order valence-corrected chi connectivity index (χ2v) is 4.56. The van der Waals surface area contributed by atoms with Crippen LogP contribution >= 0.6 is 0 Å². The van der Waals surface area contributed by atoms with Crippen LogP contribution in [0.5, 0.6) is 0 Å². The van der Waals surface area contributed by atoms with Gasteiger partial charge >= 0.3 is 36.2 Å². The minimum atomic E-state index is -1.56. The normalized spacial score (nSPS) is 8.83. The summed E-state index contributed by atoms with van der Waals surface area (Å²) in [5.41, 5.74) is 7.45. The summed E-state index contributed by atoms with van der Waals surface area (Å²) in [6.45, 7) is 2.75. The van der Waals surface area contributed by atoms with Crippen molar-refractivity contribution in [2.75, 3.05) is 6.54 Å². The Morgan fingerprint density at radius 1 is 1.13 bits per heavy atom. The van der Waals surface area contributed by atoms with Crippen molar-refractivity contribution in [3.8, 4) is 0 Å².